The van der Waals surface area contributed by atoms with Crippen molar-refractivity contribution >= 4 is 0 Å². The fourth-order valence-electron chi connectivity index (χ4n) is 4.16. The lowest BCUT2D eigenvalue weighted by atomic mass is 9.79. The first kappa shape index (κ1) is 16.0. The second kappa shape index (κ2) is 7.57. The predicted octanol–water partition coefficient (Wildman–Crippen LogP) is 1.71. The highest BCUT2D eigenvalue weighted by Crippen LogP contribution is 2.38. The van der Waals surface area contributed by atoms with E-state index in [1.165, 1.54) is 58.4 Å². The molecular formula is C17H30N4O. The monoisotopic (exact) mass is 306 g/mol. The van der Waals surface area contributed by atoms with Crippen LogP contribution in [0.4, 0.5) is 0 Å². The Morgan fingerprint density at radius 2 is 1.95 bits per heavy atom. The summed E-state index contributed by atoms with van der Waals surface area (Å²) in [4.78, 5) is 5.28. The summed E-state index contributed by atoms with van der Waals surface area (Å²) >= 11 is 0. The molecule has 1 atom stereocenters. The highest BCUT2D eigenvalue weighted by molar-refractivity contribution is 4.94. The summed E-state index contributed by atoms with van der Waals surface area (Å²) in [6.07, 6.45) is 9.25. The number of rotatable bonds is 7. The summed E-state index contributed by atoms with van der Waals surface area (Å²) in [6.45, 7) is 9.29. The van der Waals surface area contributed by atoms with Crippen molar-refractivity contribution < 1.29 is 4.74 Å². The van der Waals surface area contributed by atoms with Crippen molar-refractivity contribution in [2.24, 2.45) is 5.41 Å². The van der Waals surface area contributed by atoms with Gasteiger partial charge < -0.3 is 14.5 Å². The van der Waals surface area contributed by atoms with Gasteiger partial charge in [0.15, 0.2) is 0 Å². The number of likely N-dealkylation sites (tertiary alicyclic amines) is 2. The molecule has 2 aliphatic heterocycles. The summed E-state index contributed by atoms with van der Waals surface area (Å²) in [6, 6.07) is 2.00. The number of hydrogen-bond donors (Lipinski definition) is 0. The molecule has 22 heavy (non-hydrogen) atoms. The van der Waals surface area contributed by atoms with Crippen LogP contribution in [-0.2, 0) is 11.3 Å². The van der Waals surface area contributed by atoms with Crippen molar-refractivity contribution in [3.63, 3.8) is 0 Å². The molecule has 3 heterocycles. The standard InChI is InChI=1S/C17H30N4O/c1-22-14-13-20-8-2-5-17(16-20)6-12-19(15-17)9-4-11-21-10-3-7-18-21/h3,7,10H,2,4-6,8-9,11-16H2,1H3. The quantitative estimate of drug-likeness (QED) is 0.768. The van der Waals surface area contributed by atoms with E-state index in [0.29, 0.717) is 5.41 Å². The minimum Gasteiger partial charge on any atom is -0.383 e. The van der Waals surface area contributed by atoms with E-state index in [0.717, 1.165) is 19.7 Å². The first-order chi connectivity index (χ1) is 10.8. The number of aromatic nitrogens is 2. The van der Waals surface area contributed by atoms with Crippen LogP contribution in [0.5, 0.6) is 0 Å². The van der Waals surface area contributed by atoms with Crippen molar-refractivity contribution in [1.82, 2.24) is 19.6 Å². The van der Waals surface area contributed by atoms with Crippen molar-refractivity contribution in [1.29, 1.82) is 0 Å². The van der Waals surface area contributed by atoms with E-state index >= 15 is 0 Å². The molecule has 2 fully saturated rings. The molecular weight excluding hydrogens is 276 g/mol. The molecule has 0 N–H and O–H groups in total. The lowest BCUT2D eigenvalue weighted by Gasteiger charge is -2.40. The number of nitrogens with zero attached hydrogens (tertiary/aromatic N) is 4. The molecule has 1 spiro atoms. The average Bonchev–Trinajstić information content (AvgIpc) is 3.16. The molecule has 1 aromatic heterocycles. The molecule has 2 aliphatic rings. The van der Waals surface area contributed by atoms with E-state index in [1.807, 2.05) is 16.9 Å². The molecule has 1 unspecified atom stereocenters. The molecule has 0 amide bonds. The van der Waals surface area contributed by atoms with E-state index in [-0.39, 0.29) is 0 Å². The Hall–Kier alpha value is -0.910. The van der Waals surface area contributed by atoms with Crippen LogP contribution in [0, 0.1) is 5.41 Å². The van der Waals surface area contributed by atoms with Crippen molar-refractivity contribution in [3.8, 4) is 0 Å². The lowest BCUT2D eigenvalue weighted by molar-refractivity contribution is 0.0677. The zero-order chi connectivity index (χ0) is 15.3. The van der Waals surface area contributed by atoms with Gasteiger partial charge in [0, 0.05) is 45.7 Å². The van der Waals surface area contributed by atoms with E-state index in [1.54, 1.807) is 7.11 Å². The van der Waals surface area contributed by atoms with Gasteiger partial charge in [-0.05, 0) is 56.8 Å². The normalized spacial score (nSPS) is 27.0. The number of aryl methyl sites for hydroxylation is 1. The fraction of sp³-hybridized carbons (Fsp3) is 0.824. The largest absolute Gasteiger partial charge is 0.383 e. The van der Waals surface area contributed by atoms with Crippen LogP contribution in [0.1, 0.15) is 25.7 Å². The third kappa shape index (κ3) is 4.09. The molecule has 0 radical (unpaired) electrons. The third-order valence-electron chi connectivity index (χ3n) is 5.29. The Labute approximate surface area is 134 Å². The summed E-state index contributed by atoms with van der Waals surface area (Å²) in [7, 11) is 1.80. The molecule has 2 saturated heterocycles. The zero-order valence-electron chi connectivity index (χ0n) is 13.9. The molecule has 5 nitrogen and oxygen atoms in total. The number of piperidine rings is 1. The van der Waals surface area contributed by atoms with E-state index in [9.17, 15) is 0 Å². The topological polar surface area (TPSA) is 33.5 Å². The van der Waals surface area contributed by atoms with Gasteiger partial charge in [0.05, 0.1) is 6.61 Å². The van der Waals surface area contributed by atoms with Crippen molar-refractivity contribution in [2.75, 3.05) is 53.0 Å². The molecule has 1 aromatic rings. The van der Waals surface area contributed by atoms with Crippen LogP contribution in [0.15, 0.2) is 18.5 Å². The summed E-state index contributed by atoms with van der Waals surface area (Å²) in [5.41, 5.74) is 0.553. The van der Waals surface area contributed by atoms with Gasteiger partial charge in [0.25, 0.3) is 0 Å². The molecule has 0 bridgehead atoms. The summed E-state index contributed by atoms with van der Waals surface area (Å²) < 4.78 is 7.29. The number of methoxy groups -OCH3 is 1. The molecule has 3 rings (SSSR count). The van der Waals surface area contributed by atoms with Gasteiger partial charge in [-0.25, -0.2) is 0 Å². The predicted molar refractivity (Wildman–Crippen MR) is 87.9 cm³/mol. The van der Waals surface area contributed by atoms with Gasteiger partial charge in [-0.2, -0.15) is 5.10 Å². The highest BCUT2D eigenvalue weighted by atomic mass is 16.5. The lowest BCUT2D eigenvalue weighted by Crippen LogP contribution is -2.45. The Morgan fingerprint density at radius 3 is 2.73 bits per heavy atom. The van der Waals surface area contributed by atoms with Crippen LogP contribution < -0.4 is 0 Å². The van der Waals surface area contributed by atoms with Gasteiger partial charge in [0.2, 0.25) is 0 Å². The Bertz CT molecular complexity index is 436. The maximum absolute atomic E-state index is 5.24. The smallest absolute Gasteiger partial charge is 0.0589 e. The molecule has 0 saturated carbocycles. The minimum atomic E-state index is 0.553. The van der Waals surface area contributed by atoms with Crippen LogP contribution in [0.2, 0.25) is 0 Å². The maximum Gasteiger partial charge on any atom is 0.0589 e. The van der Waals surface area contributed by atoms with Crippen LogP contribution >= 0.6 is 0 Å². The summed E-state index contributed by atoms with van der Waals surface area (Å²) in [5.74, 6) is 0. The van der Waals surface area contributed by atoms with Gasteiger partial charge in [-0.3, -0.25) is 4.68 Å². The minimum absolute atomic E-state index is 0.553. The van der Waals surface area contributed by atoms with E-state index < -0.39 is 0 Å². The summed E-state index contributed by atoms with van der Waals surface area (Å²) in [5, 5.41) is 4.28. The first-order valence-corrected chi connectivity index (χ1v) is 8.71. The second-order valence-corrected chi connectivity index (χ2v) is 7.02. The Kier molecular flexibility index (Phi) is 5.50. The fourth-order valence-corrected chi connectivity index (χ4v) is 4.16. The van der Waals surface area contributed by atoms with Crippen LogP contribution in [0.3, 0.4) is 0 Å². The van der Waals surface area contributed by atoms with Crippen LogP contribution in [0.25, 0.3) is 0 Å². The maximum atomic E-state index is 5.24. The third-order valence-corrected chi connectivity index (χ3v) is 5.29. The van der Waals surface area contributed by atoms with Gasteiger partial charge >= 0.3 is 0 Å². The second-order valence-electron chi connectivity index (χ2n) is 7.02. The molecule has 0 aromatic carbocycles. The number of hydrogen-bond acceptors (Lipinski definition) is 4. The Balaban J connectivity index is 1.42. The van der Waals surface area contributed by atoms with Crippen LogP contribution in [-0.4, -0.2) is 72.6 Å². The van der Waals surface area contributed by atoms with E-state index in [2.05, 4.69) is 21.1 Å². The SMILES string of the molecule is COCCN1CCCC2(CCN(CCCn3cccn3)C2)C1. The molecule has 124 valence electrons. The highest BCUT2D eigenvalue weighted by Gasteiger charge is 2.40. The number of ether oxygens (including phenoxy) is 1. The van der Waals surface area contributed by atoms with Gasteiger partial charge in [-0.1, -0.05) is 0 Å². The van der Waals surface area contributed by atoms with Crippen molar-refractivity contribution in [3.05, 3.63) is 18.5 Å². The van der Waals surface area contributed by atoms with Gasteiger partial charge in [0.1, 0.15) is 0 Å². The first-order valence-electron chi connectivity index (χ1n) is 8.71. The molecule has 5 heteroatoms. The Morgan fingerprint density at radius 1 is 1.09 bits per heavy atom. The van der Waals surface area contributed by atoms with E-state index in [4.69, 9.17) is 4.74 Å². The molecule has 0 aliphatic carbocycles. The zero-order valence-corrected chi connectivity index (χ0v) is 13.9. The average molecular weight is 306 g/mol. The van der Waals surface area contributed by atoms with Gasteiger partial charge in [-0.15, -0.1) is 0 Å². The van der Waals surface area contributed by atoms with Crippen molar-refractivity contribution in [2.45, 2.75) is 32.2 Å².